The number of carbonyl (C=O) groups is 2. The molecule has 2 aliphatic rings. The molecule has 2 aromatic carbocycles. The fourth-order valence-corrected chi connectivity index (χ4v) is 6.24. The lowest BCUT2D eigenvalue weighted by atomic mass is 9.78. The number of hydrogen-bond acceptors (Lipinski definition) is 4. The summed E-state index contributed by atoms with van der Waals surface area (Å²) in [4.78, 5) is 32.0. The Morgan fingerprint density at radius 2 is 1.92 bits per heavy atom. The van der Waals surface area contributed by atoms with E-state index < -0.39 is 0 Å². The minimum absolute atomic E-state index is 0.00162. The molecular weight excluding hydrogens is 458 g/mol. The van der Waals surface area contributed by atoms with Gasteiger partial charge < -0.3 is 4.74 Å². The highest BCUT2D eigenvalue weighted by atomic mass is 16.5. The van der Waals surface area contributed by atoms with Crippen LogP contribution in [-0.2, 0) is 35.2 Å². The molecule has 1 aliphatic heterocycles. The fourth-order valence-electron chi connectivity index (χ4n) is 6.24. The van der Waals surface area contributed by atoms with Crippen molar-refractivity contribution in [3.8, 4) is 0 Å². The van der Waals surface area contributed by atoms with E-state index in [1.807, 2.05) is 24.3 Å². The molecule has 2 atom stereocenters. The number of ketones is 2. The molecule has 4 nitrogen and oxygen atoms in total. The van der Waals surface area contributed by atoms with Crippen LogP contribution in [0.2, 0.25) is 0 Å². The number of hydrogen-bond donors (Lipinski definition) is 0. The van der Waals surface area contributed by atoms with Crippen LogP contribution >= 0.6 is 0 Å². The van der Waals surface area contributed by atoms with Gasteiger partial charge in [-0.25, -0.2) is 0 Å². The molecule has 2 heterocycles. The highest BCUT2D eigenvalue weighted by Gasteiger charge is 2.31. The van der Waals surface area contributed by atoms with Crippen LogP contribution in [-0.4, -0.2) is 29.8 Å². The number of nitrogens with zero attached hydrogens (tertiary/aromatic N) is 1. The minimum atomic E-state index is 0.00162. The van der Waals surface area contributed by atoms with Gasteiger partial charge in [0.2, 0.25) is 0 Å². The van der Waals surface area contributed by atoms with Gasteiger partial charge in [0.15, 0.2) is 5.78 Å². The standard InChI is InChI=1S/C33H39NO3/c1-3-23-10-12-25(22(2)19-23)13-14-27(35)20-24-11-15-31-29(21-24)32(28-8-4-5-9-30(28)34-31)33(36)26-7-6-17-37-18-16-26/h4-5,8-10,12,19,24,26H,3,6-7,11,13-18,20-21H2,1-2H3. The van der Waals surface area contributed by atoms with E-state index in [1.54, 1.807) is 0 Å². The monoisotopic (exact) mass is 497 g/mol. The van der Waals surface area contributed by atoms with Crippen molar-refractivity contribution in [1.29, 1.82) is 0 Å². The Morgan fingerprint density at radius 3 is 2.76 bits per heavy atom. The Morgan fingerprint density at radius 1 is 1.05 bits per heavy atom. The molecule has 194 valence electrons. The number of para-hydroxylation sites is 1. The molecule has 3 aromatic rings. The molecule has 1 aliphatic carbocycles. The Labute approximate surface area is 220 Å². The zero-order chi connectivity index (χ0) is 25.8. The van der Waals surface area contributed by atoms with E-state index in [0.717, 1.165) is 85.7 Å². The van der Waals surface area contributed by atoms with E-state index in [-0.39, 0.29) is 17.6 Å². The predicted molar refractivity (Wildman–Crippen MR) is 148 cm³/mol. The SMILES string of the molecule is CCc1ccc(CCC(=O)CC2CCc3nc4ccccc4c(C(=O)C4CCCOCC4)c3C2)c(C)c1. The lowest BCUT2D eigenvalue weighted by Gasteiger charge is -2.27. The van der Waals surface area contributed by atoms with Crippen LogP contribution in [0.4, 0.5) is 0 Å². The van der Waals surface area contributed by atoms with Crippen LogP contribution < -0.4 is 0 Å². The number of aromatic nitrogens is 1. The molecular formula is C33H39NO3. The summed E-state index contributed by atoms with van der Waals surface area (Å²) in [6, 6.07) is 14.7. The number of benzene rings is 2. The molecule has 0 N–H and O–H groups in total. The smallest absolute Gasteiger partial charge is 0.167 e. The topological polar surface area (TPSA) is 56.3 Å². The summed E-state index contributed by atoms with van der Waals surface area (Å²) < 4.78 is 5.64. The van der Waals surface area contributed by atoms with E-state index in [4.69, 9.17) is 9.72 Å². The first-order valence-corrected chi connectivity index (χ1v) is 14.2. The molecule has 2 unspecified atom stereocenters. The van der Waals surface area contributed by atoms with E-state index in [1.165, 1.54) is 16.7 Å². The second-order valence-electron chi connectivity index (χ2n) is 11.0. The van der Waals surface area contributed by atoms with Gasteiger partial charge in [-0.3, -0.25) is 14.6 Å². The summed E-state index contributed by atoms with van der Waals surface area (Å²) in [5, 5.41) is 0.967. The number of pyridine rings is 1. The van der Waals surface area contributed by atoms with Gasteiger partial charge in [-0.2, -0.15) is 0 Å². The summed E-state index contributed by atoms with van der Waals surface area (Å²) in [6.45, 7) is 5.71. The van der Waals surface area contributed by atoms with Crippen molar-refractivity contribution in [2.45, 2.75) is 78.1 Å². The Bertz CT molecular complexity index is 1290. The average Bonchev–Trinajstić information content (AvgIpc) is 3.20. The summed E-state index contributed by atoms with van der Waals surface area (Å²) in [6.07, 6.45) is 8.16. The van der Waals surface area contributed by atoms with Crippen LogP contribution in [0, 0.1) is 18.8 Å². The maximum Gasteiger partial charge on any atom is 0.167 e. The van der Waals surface area contributed by atoms with Crippen LogP contribution in [0.25, 0.3) is 10.9 Å². The normalized spacial score (nSPS) is 19.8. The molecule has 0 bridgehead atoms. The zero-order valence-corrected chi connectivity index (χ0v) is 22.4. The van der Waals surface area contributed by atoms with Gasteiger partial charge in [-0.15, -0.1) is 0 Å². The Kier molecular flexibility index (Phi) is 8.14. The van der Waals surface area contributed by atoms with Gasteiger partial charge in [0.05, 0.1) is 5.52 Å². The first-order chi connectivity index (χ1) is 18.0. The number of Topliss-reactive ketones (excluding diaryl/α,β-unsaturated/α-hetero) is 2. The van der Waals surface area contributed by atoms with Gasteiger partial charge in [0.25, 0.3) is 0 Å². The van der Waals surface area contributed by atoms with Gasteiger partial charge in [0, 0.05) is 48.6 Å². The second-order valence-corrected chi connectivity index (χ2v) is 11.0. The lowest BCUT2D eigenvalue weighted by molar-refractivity contribution is -0.120. The fraction of sp³-hybridized carbons (Fsp3) is 0.485. The molecule has 1 aromatic heterocycles. The third-order valence-electron chi connectivity index (χ3n) is 8.43. The maximum absolute atomic E-state index is 14.0. The van der Waals surface area contributed by atoms with Gasteiger partial charge >= 0.3 is 0 Å². The molecule has 0 saturated carbocycles. The van der Waals surface area contributed by atoms with Crippen molar-refractivity contribution in [2.24, 2.45) is 11.8 Å². The summed E-state index contributed by atoms with van der Waals surface area (Å²) in [5.41, 5.74) is 7.84. The molecule has 0 radical (unpaired) electrons. The molecule has 1 fully saturated rings. The van der Waals surface area contributed by atoms with E-state index in [9.17, 15) is 9.59 Å². The molecule has 4 heteroatoms. The van der Waals surface area contributed by atoms with E-state index >= 15 is 0 Å². The summed E-state index contributed by atoms with van der Waals surface area (Å²) in [5.74, 6) is 0.852. The number of ether oxygens (including phenoxy) is 1. The number of fused-ring (bicyclic) bond motifs is 2. The highest BCUT2D eigenvalue weighted by molar-refractivity contribution is 6.10. The molecule has 5 rings (SSSR count). The van der Waals surface area contributed by atoms with Gasteiger partial charge in [0.1, 0.15) is 5.78 Å². The maximum atomic E-state index is 14.0. The first kappa shape index (κ1) is 25.8. The lowest BCUT2D eigenvalue weighted by Crippen LogP contribution is -2.24. The van der Waals surface area contributed by atoms with Crippen LogP contribution in [0.5, 0.6) is 0 Å². The molecule has 0 spiro atoms. The quantitative estimate of drug-likeness (QED) is 0.321. The second kappa shape index (κ2) is 11.7. The predicted octanol–water partition coefficient (Wildman–Crippen LogP) is 6.80. The van der Waals surface area contributed by atoms with Crippen LogP contribution in [0.1, 0.15) is 83.8 Å². The Balaban J connectivity index is 1.34. The van der Waals surface area contributed by atoms with Crippen molar-refractivity contribution in [1.82, 2.24) is 4.98 Å². The average molecular weight is 498 g/mol. The Hall–Kier alpha value is -2.85. The molecule has 1 saturated heterocycles. The first-order valence-electron chi connectivity index (χ1n) is 14.2. The summed E-state index contributed by atoms with van der Waals surface area (Å²) in [7, 11) is 0. The number of rotatable bonds is 8. The largest absolute Gasteiger partial charge is 0.381 e. The van der Waals surface area contributed by atoms with Crippen molar-refractivity contribution in [3.63, 3.8) is 0 Å². The third-order valence-corrected chi connectivity index (χ3v) is 8.43. The van der Waals surface area contributed by atoms with E-state index in [0.29, 0.717) is 25.2 Å². The van der Waals surface area contributed by atoms with Crippen molar-refractivity contribution in [3.05, 3.63) is 76.0 Å². The minimum Gasteiger partial charge on any atom is -0.381 e. The number of carbonyl (C=O) groups excluding carboxylic acids is 2. The highest BCUT2D eigenvalue weighted by Crippen LogP contribution is 2.36. The van der Waals surface area contributed by atoms with E-state index in [2.05, 4.69) is 32.0 Å². The van der Waals surface area contributed by atoms with Crippen LogP contribution in [0.15, 0.2) is 42.5 Å². The van der Waals surface area contributed by atoms with Crippen molar-refractivity contribution < 1.29 is 14.3 Å². The van der Waals surface area contributed by atoms with Gasteiger partial charge in [-0.05, 0) is 92.5 Å². The third kappa shape index (κ3) is 5.85. The number of aryl methyl sites for hydroxylation is 4. The summed E-state index contributed by atoms with van der Waals surface area (Å²) >= 11 is 0. The van der Waals surface area contributed by atoms with Crippen molar-refractivity contribution in [2.75, 3.05) is 13.2 Å². The van der Waals surface area contributed by atoms with Crippen molar-refractivity contribution >= 4 is 22.5 Å². The van der Waals surface area contributed by atoms with Gasteiger partial charge in [-0.1, -0.05) is 43.3 Å². The van der Waals surface area contributed by atoms with Crippen LogP contribution in [0.3, 0.4) is 0 Å². The molecule has 37 heavy (non-hydrogen) atoms. The molecule has 0 amide bonds. The zero-order valence-electron chi connectivity index (χ0n) is 22.4.